The Kier molecular flexibility index (Phi) is 2.19. The maximum absolute atomic E-state index is 10.8. The smallest absolute Gasteiger partial charge is 0.216 e. The second-order valence-electron chi connectivity index (χ2n) is 2.38. The van der Waals surface area contributed by atoms with Crippen molar-refractivity contribution < 1.29 is 4.79 Å². The van der Waals surface area contributed by atoms with Crippen LogP contribution in [0, 0.1) is 6.92 Å². The zero-order valence-corrected chi connectivity index (χ0v) is 7.06. The minimum Gasteiger partial charge on any atom is -0.399 e. The van der Waals surface area contributed by atoms with E-state index in [9.17, 15) is 4.79 Å². The van der Waals surface area contributed by atoms with Crippen LogP contribution in [0.3, 0.4) is 0 Å². The molecule has 0 spiro atoms. The molecule has 0 heterocycles. The van der Waals surface area contributed by atoms with Crippen LogP contribution in [0.4, 0.5) is 5.69 Å². The zero-order chi connectivity index (χ0) is 8.43. The van der Waals surface area contributed by atoms with E-state index >= 15 is 0 Å². The number of anilines is 1. The molecule has 0 atom stereocenters. The largest absolute Gasteiger partial charge is 0.399 e. The molecule has 0 aliphatic heterocycles. The van der Waals surface area contributed by atoms with Gasteiger partial charge < -0.3 is 5.73 Å². The highest BCUT2D eigenvalue weighted by molar-refractivity contribution is 7.97. The van der Waals surface area contributed by atoms with Crippen molar-refractivity contribution in [3.63, 3.8) is 0 Å². The number of nitrogen functional groups attached to an aromatic ring is 1. The number of aryl methyl sites for hydroxylation is 1. The topological polar surface area (TPSA) is 43.1 Å². The molecule has 0 aromatic heterocycles. The monoisotopic (exact) mass is 167 g/mol. The van der Waals surface area contributed by atoms with Crippen LogP contribution >= 0.6 is 12.6 Å². The van der Waals surface area contributed by atoms with E-state index in [0.717, 1.165) is 5.56 Å². The highest BCUT2D eigenvalue weighted by Crippen LogP contribution is 2.14. The molecule has 1 aromatic rings. The van der Waals surface area contributed by atoms with Gasteiger partial charge >= 0.3 is 0 Å². The number of nitrogens with two attached hydrogens (primary N) is 1. The summed E-state index contributed by atoms with van der Waals surface area (Å²) in [6.07, 6.45) is 0. The van der Waals surface area contributed by atoms with Crippen LogP contribution in [0.15, 0.2) is 18.2 Å². The number of hydrogen-bond acceptors (Lipinski definition) is 2. The molecule has 2 N–H and O–H groups in total. The van der Waals surface area contributed by atoms with Crippen molar-refractivity contribution >= 4 is 23.4 Å². The predicted octanol–water partition coefficient (Wildman–Crippen LogP) is 1.65. The maximum Gasteiger partial charge on any atom is 0.216 e. The van der Waals surface area contributed by atoms with E-state index in [1.54, 1.807) is 18.2 Å². The second-order valence-corrected chi connectivity index (χ2v) is 2.79. The number of hydrogen-bond donors (Lipinski definition) is 2. The molecule has 0 saturated heterocycles. The van der Waals surface area contributed by atoms with E-state index in [1.807, 2.05) is 6.92 Å². The first-order chi connectivity index (χ1) is 5.11. The van der Waals surface area contributed by atoms with Crippen molar-refractivity contribution in [2.45, 2.75) is 6.92 Å². The Balaban J connectivity index is 3.23. The zero-order valence-electron chi connectivity index (χ0n) is 6.16. The molecule has 0 amide bonds. The Labute approximate surface area is 70.8 Å². The first kappa shape index (κ1) is 8.14. The summed E-state index contributed by atoms with van der Waals surface area (Å²) in [6.45, 7) is 1.85. The first-order valence-electron chi connectivity index (χ1n) is 3.20. The fourth-order valence-electron chi connectivity index (χ4n) is 0.870. The molecule has 0 bridgehead atoms. The van der Waals surface area contributed by atoms with Crippen LogP contribution in [0.25, 0.3) is 0 Å². The fraction of sp³-hybridized carbons (Fsp3) is 0.125. The summed E-state index contributed by atoms with van der Waals surface area (Å²) in [5.74, 6) is 0. The maximum atomic E-state index is 10.8. The lowest BCUT2D eigenvalue weighted by atomic mass is 10.1. The van der Waals surface area contributed by atoms with Gasteiger partial charge in [-0.05, 0) is 24.6 Å². The molecule has 11 heavy (non-hydrogen) atoms. The minimum absolute atomic E-state index is 0.241. The quantitative estimate of drug-likeness (QED) is 0.493. The third kappa shape index (κ3) is 1.74. The molecule has 0 fully saturated rings. The average molecular weight is 167 g/mol. The Bertz CT molecular complexity index is 296. The van der Waals surface area contributed by atoms with E-state index in [4.69, 9.17) is 5.73 Å². The fourth-order valence-corrected chi connectivity index (χ4v) is 1.11. The summed E-state index contributed by atoms with van der Waals surface area (Å²) in [5.41, 5.74) is 7.55. The lowest BCUT2D eigenvalue weighted by molar-refractivity contribution is 0.109. The normalized spacial score (nSPS) is 9.64. The SMILES string of the molecule is Cc1ccc(N)cc1C(=O)S. The minimum atomic E-state index is -0.241. The van der Waals surface area contributed by atoms with Gasteiger partial charge in [0, 0.05) is 11.3 Å². The third-order valence-electron chi connectivity index (χ3n) is 1.49. The van der Waals surface area contributed by atoms with Gasteiger partial charge in [-0.3, -0.25) is 4.79 Å². The molecular formula is C8H9NOS. The molecule has 2 nitrogen and oxygen atoms in total. The Morgan fingerprint density at radius 2 is 2.18 bits per heavy atom. The van der Waals surface area contributed by atoms with Gasteiger partial charge in [0.25, 0.3) is 0 Å². The Hall–Kier alpha value is -0.960. The number of rotatable bonds is 1. The highest BCUT2D eigenvalue weighted by Gasteiger charge is 2.03. The molecule has 0 unspecified atom stereocenters. The number of carbonyl (C=O) groups is 1. The molecule has 0 saturated carbocycles. The average Bonchev–Trinajstić information content (AvgIpc) is 1.94. The van der Waals surface area contributed by atoms with Crippen molar-refractivity contribution in [1.82, 2.24) is 0 Å². The van der Waals surface area contributed by atoms with E-state index in [0.29, 0.717) is 11.3 Å². The van der Waals surface area contributed by atoms with Gasteiger partial charge in [0.15, 0.2) is 0 Å². The third-order valence-corrected chi connectivity index (χ3v) is 1.73. The van der Waals surface area contributed by atoms with Crippen molar-refractivity contribution in [2.75, 3.05) is 5.73 Å². The van der Waals surface area contributed by atoms with E-state index in [2.05, 4.69) is 12.6 Å². The summed E-state index contributed by atoms with van der Waals surface area (Å²) in [5, 5.41) is -0.241. The van der Waals surface area contributed by atoms with Crippen LogP contribution in [-0.4, -0.2) is 5.12 Å². The molecule has 3 heteroatoms. The molecule has 0 aliphatic carbocycles. The van der Waals surface area contributed by atoms with Gasteiger partial charge in [-0.2, -0.15) is 0 Å². The van der Waals surface area contributed by atoms with Crippen molar-refractivity contribution in [1.29, 1.82) is 0 Å². The van der Waals surface area contributed by atoms with Crippen molar-refractivity contribution in [2.24, 2.45) is 0 Å². The Morgan fingerprint density at radius 1 is 1.55 bits per heavy atom. The van der Waals surface area contributed by atoms with Gasteiger partial charge in [0.2, 0.25) is 5.12 Å². The van der Waals surface area contributed by atoms with E-state index in [1.165, 1.54) is 0 Å². The highest BCUT2D eigenvalue weighted by atomic mass is 32.1. The van der Waals surface area contributed by atoms with Gasteiger partial charge in [-0.1, -0.05) is 6.07 Å². The lowest BCUT2D eigenvalue weighted by Gasteiger charge is -2.00. The van der Waals surface area contributed by atoms with Crippen molar-refractivity contribution in [3.05, 3.63) is 29.3 Å². The second kappa shape index (κ2) is 2.96. The number of carbonyl (C=O) groups excluding carboxylic acids is 1. The summed E-state index contributed by atoms with van der Waals surface area (Å²) in [7, 11) is 0. The molecule has 58 valence electrons. The molecular weight excluding hydrogens is 158 g/mol. The lowest BCUT2D eigenvalue weighted by Crippen LogP contribution is -1.95. The number of benzene rings is 1. The summed E-state index contributed by atoms with van der Waals surface area (Å²) >= 11 is 3.71. The van der Waals surface area contributed by atoms with E-state index < -0.39 is 0 Å². The number of thiol groups is 1. The van der Waals surface area contributed by atoms with Crippen LogP contribution in [0.5, 0.6) is 0 Å². The van der Waals surface area contributed by atoms with Gasteiger partial charge in [-0.15, -0.1) is 12.6 Å². The van der Waals surface area contributed by atoms with Crippen molar-refractivity contribution in [3.8, 4) is 0 Å². The first-order valence-corrected chi connectivity index (χ1v) is 3.65. The summed E-state index contributed by atoms with van der Waals surface area (Å²) in [4.78, 5) is 10.8. The predicted molar refractivity (Wildman–Crippen MR) is 48.9 cm³/mol. The molecule has 0 radical (unpaired) electrons. The molecule has 0 aliphatic rings. The molecule has 1 rings (SSSR count). The van der Waals surface area contributed by atoms with Crippen LogP contribution in [0.1, 0.15) is 15.9 Å². The standard InChI is InChI=1S/C8H9NOS/c1-5-2-3-6(9)4-7(5)8(10)11/h2-4H,9H2,1H3,(H,10,11). The van der Waals surface area contributed by atoms with Crippen LogP contribution in [0.2, 0.25) is 0 Å². The van der Waals surface area contributed by atoms with Crippen LogP contribution < -0.4 is 5.73 Å². The summed E-state index contributed by atoms with van der Waals surface area (Å²) in [6, 6.07) is 5.19. The molecule has 1 aromatic carbocycles. The Morgan fingerprint density at radius 3 is 2.64 bits per heavy atom. The van der Waals surface area contributed by atoms with Crippen LogP contribution in [-0.2, 0) is 0 Å². The van der Waals surface area contributed by atoms with E-state index in [-0.39, 0.29) is 5.12 Å². The van der Waals surface area contributed by atoms with Gasteiger partial charge in [0.1, 0.15) is 0 Å². The van der Waals surface area contributed by atoms with Gasteiger partial charge in [-0.25, -0.2) is 0 Å². The van der Waals surface area contributed by atoms with Gasteiger partial charge in [0.05, 0.1) is 0 Å². The summed E-state index contributed by atoms with van der Waals surface area (Å²) < 4.78 is 0.